The number of aryl methyl sites for hydroxylation is 1. The summed E-state index contributed by atoms with van der Waals surface area (Å²) in [6, 6.07) is 19.7. The van der Waals surface area contributed by atoms with Crippen molar-refractivity contribution in [3.8, 4) is 11.1 Å². The number of fused-ring (bicyclic) bond motifs is 3. The van der Waals surface area contributed by atoms with Crippen molar-refractivity contribution in [3.05, 3.63) is 106 Å². The summed E-state index contributed by atoms with van der Waals surface area (Å²) in [6.45, 7) is 5.83. The van der Waals surface area contributed by atoms with Gasteiger partial charge in [0.2, 0.25) is 5.78 Å². The quantitative estimate of drug-likeness (QED) is 0.231. The first-order valence-electron chi connectivity index (χ1n) is 10.4. The molecule has 0 aliphatic heterocycles. The minimum absolute atomic E-state index is 0.0680. The fraction of sp³-hybridized carbons (Fsp3) is 0.111. The lowest BCUT2D eigenvalue weighted by molar-refractivity contribution is 0.101. The summed E-state index contributed by atoms with van der Waals surface area (Å²) in [5.41, 5.74) is 2.47. The van der Waals surface area contributed by atoms with Gasteiger partial charge in [-0.1, -0.05) is 56.3 Å². The van der Waals surface area contributed by atoms with Crippen LogP contribution in [0.4, 0.5) is 4.39 Å². The van der Waals surface area contributed by atoms with E-state index in [0.717, 1.165) is 16.5 Å². The van der Waals surface area contributed by atoms with Gasteiger partial charge < -0.3 is 8.83 Å². The van der Waals surface area contributed by atoms with Gasteiger partial charge in [-0.15, -0.1) is 0 Å². The summed E-state index contributed by atoms with van der Waals surface area (Å²) in [7, 11) is 0. The SMILES string of the molecule is CC.Cc1cc(=O)oc2c1ccc1oc(C(=O)c3cccc(F)c3)c(-c3ccccc3)c12. The third-order valence-electron chi connectivity index (χ3n) is 5.13. The number of carbonyl (C=O) groups is 1. The normalized spacial score (nSPS) is 10.8. The van der Waals surface area contributed by atoms with Crippen molar-refractivity contribution in [2.24, 2.45) is 0 Å². The molecule has 0 fully saturated rings. The van der Waals surface area contributed by atoms with Crippen LogP contribution in [0.2, 0.25) is 0 Å². The Morgan fingerprint density at radius 2 is 1.62 bits per heavy atom. The van der Waals surface area contributed by atoms with Crippen molar-refractivity contribution in [1.29, 1.82) is 0 Å². The van der Waals surface area contributed by atoms with Crippen LogP contribution in [0.15, 0.2) is 86.4 Å². The van der Waals surface area contributed by atoms with Crippen LogP contribution in [0, 0.1) is 12.7 Å². The summed E-state index contributed by atoms with van der Waals surface area (Å²) >= 11 is 0. The first-order valence-corrected chi connectivity index (χ1v) is 10.4. The molecule has 5 aromatic rings. The third kappa shape index (κ3) is 3.62. The maximum atomic E-state index is 13.7. The van der Waals surface area contributed by atoms with Crippen LogP contribution in [-0.2, 0) is 0 Å². The molecule has 5 rings (SSSR count). The monoisotopic (exact) mass is 428 g/mol. The number of hydrogen-bond donors (Lipinski definition) is 0. The molecule has 0 aliphatic carbocycles. The largest absolute Gasteiger partial charge is 0.452 e. The Hall–Kier alpha value is -3.99. The highest BCUT2D eigenvalue weighted by atomic mass is 19.1. The number of ketones is 1. The molecule has 3 aromatic carbocycles. The highest BCUT2D eigenvalue weighted by molar-refractivity contribution is 6.20. The zero-order valence-electron chi connectivity index (χ0n) is 17.9. The summed E-state index contributed by atoms with van der Waals surface area (Å²) in [5, 5.41) is 1.30. The molecular weight excluding hydrogens is 407 g/mol. The second-order valence-corrected chi connectivity index (χ2v) is 7.08. The smallest absolute Gasteiger partial charge is 0.336 e. The summed E-state index contributed by atoms with van der Waals surface area (Å²) in [5.74, 6) is -0.892. The number of halogens is 1. The molecule has 0 spiro atoms. The highest BCUT2D eigenvalue weighted by Crippen LogP contribution is 2.40. The molecule has 2 heterocycles. The number of rotatable bonds is 3. The van der Waals surface area contributed by atoms with Gasteiger partial charge in [0.25, 0.3) is 0 Å². The lowest BCUT2D eigenvalue weighted by atomic mass is 9.96. The molecule has 0 N–H and O–H groups in total. The van der Waals surface area contributed by atoms with Crippen molar-refractivity contribution in [2.75, 3.05) is 0 Å². The van der Waals surface area contributed by atoms with Crippen LogP contribution in [0.3, 0.4) is 0 Å². The number of carbonyl (C=O) groups excluding carboxylic acids is 1. The summed E-state index contributed by atoms with van der Waals surface area (Å²) in [4.78, 5) is 25.4. The van der Waals surface area contributed by atoms with E-state index in [0.29, 0.717) is 22.1 Å². The molecule has 0 amide bonds. The molecule has 160 valence electrons. The molecular formula is C27H21FO4. The zero-order valence-corrected chi connectivity index (χ0v) is 17.9. The molecule has 0 radical (unpaired) electrons. The van der Waals surface area contributed by atoms with E-state index >= 15 is 0 Å². The minimum atomic E-state index is -0.509. The van der Waals surface area contributed by atoms with E-state index in [9.17, 15) is 14.0 Å². The van der Waals surface area contributed by atoms with E-state index in [1.54, 1.807) is 12.1 Å². The van der Waals surface area contributed by atoms with Gasteiger partial charge >= 0.3 is 5.63 Å². The fourth-order valence-corrected chi connectivity index (χ4v) is 3.76. The van der Waals surface area contributed by atoms with Crippen molar-refractivity contribution in [2.45, 2.75) is 20.8 Å². The Morgan fingerprint density at radius 1 is 0.875 bits per heavy atom. The Bertz CT molecular complexity index is 1490. The standard InChI is InChI=1S/C25H15FO4.C2H6/c1-14-12-20(27)30-24-18(14)10-11-19-22(24)21(15-6-3-2-4-7-15)25(29-19)23(28)16-8-5-9-17(26)13-16;1-2/h2-13H,1H3;1-2H3. The average molecular weight is 428 g/mol. The molecule has 0 aliphatic rings. The molecule has 0 bridgehead atoms. The van der Waals surface area contributed by atoms with Crippen molar-refractivity contribution >= 4 is 27.7 Å². The van der Waals surface area contributed by atoms with E-state index < -0.39 is 17.2 Å². The van der Waals surface area contributed by atoms with Crippen LogP contribution >= 0.6 is 0 Å². The second-order valence-electron chi connectivity index (χ2n) is 7.08. The van der Waals surface area contributed by atoms with Crippen LogP contribution in [-0.4, -0.2) is 5.78 Å². The molecule has 0 unspecified atom stereocenters. The van der Waals surface area contributed by atoms with Crippen LogP contribution in [0.1, 0.15) is 35.5 Å². The Labute approximate surface area is 183 Å². The average Bonchev–Trinajstić information content (AvgIpc) is 3.20. The Morgan fingerprint density at radius 3 is 2.34 bits per heavy atom. The van der Waals surface area contributed by atoms with Crippen LogP contribution in [0.25, 0.3) is 33.1 Å². The zero-order chi connectivity index (χ0) is 22.8. The molecule has 2 aromatic heterocycles. The highest BCUT2D eigenvalue weighted by Gasteiger charge is 2.26. The van der Waals surface area contributed by atoms with Crippen molar-refractivity contribution < 1.29 is 18.0 Å². The van der Waals surface area contributed by atoms with Crippen LogP contribution < -0.4 is 5.63 Å². The van der Waals surface area contributed by atoms with E-state index in [-0.39, 0.29) is 11.3 Å². The third-order valence-corrected chi connectivity index (χ3v) is 5.13. The molecule has 0 saturated heterocycles. The maximum absolute atomic E-state index is 13.7. The van der Waals surface area contributed by atoms with Crippen molar-refractivity contribution in [1.82, 2.24) is 0 Å². The summed E-state index contributed by atoms with van der Waals surface area (Å²) < 4.78 is 25.2. The molecule has 0 atom stereocenters. The van der Waals surface area contributed by atoms with Gasteiger partial charge in [0.05, 0.1) is 5.39 Å². The number of benzene rings is 3. The predicted molar refractivity (Wildman–Crippen MR) is 124 cm³/mol. The lowest BCUT2D eigenvalue weighted by Gasteiger charge is -2.05. The lowest BCUT2D eigenvalue weighted by Crippen LogP contribution is -2.02. The molecule has 32 heavy (non-hydrogen) atoms. The van der Waals surface area contributed by atoms with E-state index in [1.807, 2.05) is 51.1 Å². The number of furan rings is 1. The molecule has 5 heteroatoms. The van der Waals surface area contributed by atoms with E-state index in [2.05, 4.69) is 0 Å². The van der Waals surface area contributed by atoms with Crippen molar-refractivity contribution in [3.63, 3.8) is 0 Å². The van der Waals surface area contributed by atoms with Gasteiger partial charge in [-0.25, -0.2) is 9.18 Å². The number of hydrogen-bond acceptors (Lipinski definition) is 4. The van der Waals surface area contributed by atoms with Crippen LogP contribution in [0.5, 0.6) is 0 Å². The van der Waals surface area contributed by atoms with Gasteiger partial charge in [0.15, 0.2) is 5.76 Å². The molecule has 0 saturated carbocycles. The van der Waals surface area contributed by atoms with E-state index in [4.69, 9.17) is 8.83 Å². The van der Waals surface area contributed by atoms with Gasteiger partial charge in [0, 0.05) is 22.6 Å². The first kappa shape index (κ1) is 21.2. The summed E-state index contributed by atoms with van der Waals surface area (Å²) in [6.07, 6.45) is 0. The molecule has 4 nitrogen and oxygen atoms in total. The first-order chi connectivity index (χ1) is 15.5. The predicted octanol–water partition coefficient (Wildman–Crippen LogP) is 6.91. The fourth-order valence-electron chi connectivity index (χ4n) is 3.76. The van der Waals surface area contributed by atoms with Gasteiger partial charge in [-0.2, -0.15) is 0 Å². The van der Waals surface area contributed by atoms with Gasteiger partial charge in [-0.05, 0) is 42.3 Å². The van der Waals surface area contributed by atoms with Gasteiger partial charge in [0.1, 0.15) is 17.0 Å². The Balaban J connectivity index is 0.00000119. The van der Waals surface area contributed by atoms with E-state index in [1.165, 1.54) is 30.3 Å². The Kier molecular flexibility index (Phi) is 5.73. The topological polar surface area (TPSA) is 60.4 Å². The maximum Gasteiger partial charge on any atom is 0.336 e. The minimum Gasteiger partial charge on any atom is -0.452 e. The second kappa shape index (κ2) is 8.63. The van der Waals surface area contributed by atoms with Gasteiger partial charge in [-0.3, -0.25) is 4.79 Å².